The molecule has 0 aromatic heterocycles. The summed E-state index contributed by atoms with van der Waals surface area (Å²) in [4.78, 5) is 5.62. The molecular formula is C17H20S4. The van der Waals surface area contributed by atoms with E-state index in [2.05, 4.69) is 61.0 Å². The third-order valence-electron chi connectivity index (χ3n) is 2.94. The average molecular weight is 353 g/mol. The lowest BCUT2D eigenvalue weighted by molar-refractivity contribution is 1.11. The fraction of sp³-hybridized carbons (Fsp3) is 0.294. The molecule has 0 fully saturated rings. The van der Waals surface area contributed by atoms with E-state index in [0.717, 1.165) is 0 Å². The van der Waals surface area contributed by atoms with Gasteiger partial charge in [-0.05, 0) is 54.7 Å². The summed E-state index contributed by atoms with van der Waals surface area (Å²) in [7, 11) is 0. The summed E-state index contributed by atoms with van der Waals surface area (Å²) in [6.07, 6.45) is 5.53. The molecule has 0 spiro atoms. The van der Waals surface area contributed by atoms with E-state index in [1.54, 1.807) is 0 Å². The molecule has 0 nitrogen and oxygen atoms in total. The Labute approximate surface area is 145 Å². The van der Waals surface area contributed by atoms with Crippen LogP contribution in [0.3, 0.4) is 0 Å². The Morgan fingerprint density at radius 1 is 0.619 bits per heavy atom. The minimum absolute atomic E-state index is 1.19. The maximum absolute atomic E-state index is 2.23. The Hall–Kier alpha value is -0.160. The molecule has 0 atom stereocenters. The lowest BCUT2D eigenvalue weighted by Gasteiger charge is -2.08. The van der Waals surface area contributed by atoms with Gasteiger partial charge in [0, 0.05) is 19.6 Å². The van der Waals surface area contributed by atoms with Crippen molar-refractivity contribution in [2.75, 3.05) is 24.0 Å². The summed E-state index contributed by atoms with van der Waals surface area (Å²) < 4.78 is 0. The smallest absolute Gasteiger partial charge is 0.0208 e. The standard InChI is InChI=1S/C17H20S4/c1-18-14-8-3-5-10-16(14)20-12-7-13-21-17-11-6-4-9-15(17)19-2/h3-6,8-11H,7,12-13H2,1-2H3. The molecule has 112 valence electrons. The first kappa shape index (κ1) is 17.2. The van der Waals surface area contributed by atoms with Crippen LogP contribution < -0.4 is 0 Å². The second-order valence-corrected chi connectivity index (χ2v) is 8.32. The molecule has 0 aliphatic carbocycles. The first-order chi connectivity index (χ1) is 10.3. The maximum Gasteiger partial charge on any atom is 0.0208 e. The van der Waals surface area contributed by atoms with Crippen LogP contribution >= 0.6 is 47.0 Å². The second kappa shape index (κ2) is 9.78. The lowest BCUT2D eigenvalue weighted by atomic mass is 10.4. The SMILES string of the molecule is CSc1ccccc1SCCCSc1ccccc1SC. The largest absolute Gasteiger partial charge is 0.128 e. The number of rotatable bonds is 8. The molecule has 2 aromatic carbocycles. The molecule has 0 bridgehead atoms. The molecule has 0 aliphatic heterocycles. The topological polar surface area (TPSA) is 0 Å². The zero-order chi connectivity index (χ0) is 14.9. The van der Waals surface area contributed by atoms with Crippen LogP contribution in [-0.4, -0.2) is 24.0 Å². The van der Waals surface area contributed by atoms with Crippen LogP contribution in [0, 0.1) is 0 Å². The van der Waals surface area contributed by atoms with E-state index in [1.165, 1.54) is 37.5 Å². The van der Waals surface area contributed by atoms with Crippen LogP contribution in [-0.2, 0) is 0 Å². The van der Waals surface area contributed by atoms with Gasteiger partial charge in [0.2, 0.25) is 0 Å². The molecule has 0 saturated carbocycles. The van der Waals surface area contributed by atoms with Gasteiger partial charge in [0.1, 0.15) is 0 Å². The molecular weight excluding hydrogens is 332 g/mol. The summed E-state index contributed by atoms with van der Waals surface area (Å²) in [6.45, 7) is 0. The maximum atomic E-state index is 2.23. The second-order valence-electron chi connectivity index (χ2n) is 4.35. The van der Waals surface area contributed by atoms with Gasteiger partial charge in [0.15, 0.2) is 0 Å². The third-order valence-corrected chi connectivity index (χ3v) is 7.11. The Bertz CT molecular complexity index is 504. The van der Waals surface area contributed by atoms with Crippen molar-refractivity contribution in [1.29, 1.82) is 0 Å². The highest BCUT2D eigenvalue weighted by Gasteiger charge is 2.03. The fourth-order valence-electron chi connectivity index (χ4n) is 1.90. The summed E-state index contributed by atoms with van der Waals surface area (Å²) in [5, 5.41) is 0. The van der Waals surface area contributed by atoms with Crippen molar-refractivity contribution in [3.8, 4) is 0 Å². The van der Waals surface area contributed by atoms with Crippen LogP contribution in [0.1, 0.15) is 6.42 Å². The zero-order valence-corrected chi connectivity index (χ0v) is 15.6. The Morgan fingerprint density at radius 3 is 1.38 bits per heavy atom. The zero-order valence-electron chi connectivity index (χ0n) is 12.4. The Morgan fingerprint density at radius 2 is 1.00 bits per heavy atom. The van der Waals surface area contributed by atoms with Crippen molar-refractivity contribution < 1.29 is 0 Å². The highest BCUT2D eigenvalue weighted by Crippen LogP contribution is 2.32. The van der Waals surface area contributed by atoms with E-state index < -0.39 is 0 Å². The third kappa shape index (κ3) is 5.51. The highest BCUT2D eigenvalue weighted by molar-refractivity contribution is 8.02. The van der Waals surface area contributed by atoms with Crippen LogP contribution in [0.25, 0.3) is 0 Å². The molecule has 0 amide bonds. The van der Waals surface area contributed by atoms with E-state index >= 15 is 0 Å². The molecule has 2 rings (SSSR count). The molecule has 0 radical (unpaired) electrons. The van der Waals surface area contributed by atoms with Crippen LogP contribution in [0.5, 0.6) is 0 Å². The molecule has 0 N–H and O–H groups in total. The van der Waals surface area contributed by atoms with Gasteiger partial charge in [-0.15, -0.1) is 47.0 Å². The molecule has 4 heteroatoms. The van der Waals surface area contributed by atoms with Gasteiger partial charge < -0.3 is 0 Å². The van der Waals surface area contributed by atoms with Gasteiger partial charge in [0.25, 0.3) is 0 Å². The summed E-state index contributed by atoms with van der Waals surface area (Å²) in [6, 6.07) is 17.4. The first-order valence-electron chi connectivity index (χ1n) is 6.87. The number of thioether (sulfide) groups is 4. The number of benzene rings is 2. The predicted molar refractivity (Wildman–Crippen MR) is 103 cm³/mol. The van der Waals surface area contributed by atoms with Crippen LogP contribution in [0.2, 0.25) is 0 Å². The highest BCUT2D eigenvalue weighted by atomic mass is 32.2. The van der Waals surface area contributed by atoms with Gasteiger partial charge in [-0.3, -0.25) is 0 Å². The quantitative estimate of drug-likeness (QED) is 0.398. The number of hydrogen-bond acceptors (Lipinski definition) is 4. The van der Waals surface area contributed by atoms with E-state index in [0.29, 0.717) is 0 Å². The van der Waals surface area contributed by atoms with Crippen molar-refractivity contribution in [2.45, 2.75) is 26.0 Å². The minimum Gasteiger partial charge on any atom is -0.128 e. The van der Waals surface area contributed by atoms with E-state index in [4.69, 9.17) is 0 Å². The number of hydrogen-bond donors (Lipinski definition) is 0. The van der Waals surface area contributed by atoms with Gasteiger partial charge in [0.05, 0.1) is 0 Å². The summed E-state index contributed by atoms with van der Waals surface area (Å²) in [5.41, 5.74) is 0. The molecule has 0 saturated heterocycles. The van der Waals surface area contributed by atoms with Crippen LogP contribution in [0.15, 0.2) is 68.1 Å². The van der Waals surface area contributed by atoms with Crippen molar-refractivity contribution in [3.63, 3.8) is 0 Å². The molecule has 0 heterocycles. The van der Waals surface area contributed by atoms with Gasteiger partial charge in [-0.1, -0.05) is 24.3 Å². The average Bonchev–Trinajstić information content (AvgIpc) is 2.55. The summed E-state index contributed by atoms with van der Waals surface area (Å²) in [5.74, 6) is 2.37. The van der Waals surface area contributed by atoms with Crippen molar-refractivity contribution in [1.82, 2.24) is 0 Å². The van der Waals surface area contributed by atoms with E-state index in [1.807, 2.05) is 47.0 Å². The van der Waals surface area contributed by atoms with E-state index in [-0.39, 0.29) is 0 Å². The van der Waals surface area contributed by atoms with Gasteiger partial charge in [-0.25, -0.2) is 0 Å². The van der Waals surface area contributed by atoms with Crippen molar-refractivity contribution in [3.05, 3.63) is 48.5 Å². The monoisotopic (exact) mass is 352 g/mol. The normalized spacial score (nSPS) is 10.8. The van der Waals surface area contributed by atoms with E-state index in [9.17, 15) is 0 Å². The van der Waals surface area contributed by atoms with Gasteiger partial charge in [-0.2, -0.15) is 0 Å². The molecule has 2 aromatic rings. The molecule has 0 aliphatic rings. The predicted octanol–water partition coefficient (Wildman–Crippen LogP) is 6.40. The Balaban J connectivity index is 1.75. The molecule has 0 unspecified atom stereocenters. The van der Waals surface area contributed by atoms with Crippen LogP contribution in [0.4, 0.5) is 0 Å². The van der Waals surface area contributed by atoms with Gasteiger partial charge >= 0.3 is 0 Å². The minimum atomic E-state index is 1.19. The van der Waals surface area contributed by atoms with Crippen molar-refractivity contribution >= 4 is 47.0 Å². The first-order valence-corrected chi connectivity index (χ1v) is 11.3. The summed E-state index contributed by atoms with van der Waals surface area (Å²) >= 11 is 7.62. The lowest BCUT2D eigenvalue weighted by Crippen LogP contribution is -1.86. The molecule has 21 heavy (non-hydrogen) atoms. The fourth-order valence-corrected chi connectivity index (χ4v) is 5.69. The van der Waals surface area contributed by atoms with Crippen molar-refractivity contribution in [2.24, 2.45) is 0 Å². The Kier molecular flexibility index (Phi) is 8.01.